The fourth-order valence-electron chi connectivity index (χ4n) is 1.98. The van der Waals surface area contributed by atoms with E-state index in [9.17, 15) is 10.1 Å². The Labute approximate surface area is 122 Å². The summed E-state index contributed by atoms with van der Waals surface area (Å²) in [7, 11) is 1.50. The molecule has 0 radical (unpaired) electrons. The maximum absolute atomic E-state index is 10.9. The minimum absolute atomic E-state index is 0.0402. The third kappa shape index (κ3) is 4.54. The molecule has 2 rings (SSSR count). The lowest BCUT2D eigenvalue weighted by Crippen LogP contribution is -2.16. The first-order valence-electron chi connectivity index (χ1n) is 6.61. The number of nitro benzene ring substituents is 1. The number of rotatable bonds is 7. The van der Waals surface area contributed by atoms with Crippen LogP contribution in [0.25, 0.3) is 0 Å². The second-order valence-electron chi connectivity index (χ2n) is 4.58. The normalized spacial score (nSPS) is 10.3. The standard InChI is InChI=1S/C15H17N3O3/c1-21-15-8-13(7-14(9-15)18(19)20)11-17-6-4-12-3-2-5-16-10-12/h2-3,5,7-10,17H,4,6,11H2,1H3. The van der Waals surface area contributed by atoms with E-state index in [1.165, 1.54) is 13.2 Å². The van der Waals surface area contributed by atoms with E-state index < -0.39 is 4.92 Å². The van der Waals surface area contributed by atoms with Crippen molar-refractivity contribution in [2.24, 2.45) is 0 Å². The van der Waals surface area contributed by atoms with E-state index in [-0.39, 0.29) is 5.69 Å². The van der Waals surface area contributed by atoms with Gasteiger partial charge < -0.3 is 10.1 Å². The number of hydrogen-bond acceptors (Lipinski definition) is 5. The van der Waals surface area contributed by atoms with Crippen molar-refractivity contribution < 1.29 is 9.66 Å². The molecular weight excluding hydrogens is 270 g/mol. The molecule has 1 aromatic carbocycles. The number of ether oxygens (including phenoxy) is 1. The molecule has 0 spiro atoms. The molecule has 0 unspecified atom stereocenters. The summed E-state index contributed by atoms with van der Waals surface area (Å²) in [6.07, 6.45) is 4.43. The molecule has 6 heteroatoms. The summed E-state index contributed by atoms with van der Waals surface area (Å²) in [5.41, 5.74) is 2.02. The van der Waals surface area contributed by atoms with Crippen LogP contribution in [-0.4, -0.2) is 23.6 Å². The monoisotopic (exact) mass is 287 g/mol. The number of nitro groups is 1. The highest BCUT2D eigenvalue weighted by molar-refractivity contribution is 5.42. The van der Waals surface area contributed by atoms with Crippen LogP contribution in [0, 0.1) is 10.1 Å². The molecule has 0 aliphatic carbocycles. The van der Waals surface area contributed by atoms with Gasteiger partial charge in [0, 0.05) is 25.0 Å². The minimum atomic E-state index is -0.415. The van der Waals surface area contributed by atoms with Crippen LogP contribution >= 0.6 is 0 Å². The maximum atomic E-state index is 10.9. The molecule has 2 aromatic rings. The number of nitrogens with zero attached hydrogens (tertiary/aromatic N) is 2. The lowest BCUT2D eigenvalue weighted by atomic mass is 10.1. The molecule has 1 heterocycles. The highest BCUT2D eigenvalue weighted by Gasteiger charge is 2.09. The molecule has 6 nitrogen and oxygen atoms in total. The smallest absolute Gasteiger partial charge is 0.273 e. The van der Waals surface area contributed by atoms with E-state index in [0.29, 0.717) is 12.3 Å². The predicted octanol–water partition coefficient (Wildman–Crippen LogP) is 2.33. The van der Waals surface area contributed by atoms with Gasteiger partial charge in [-0.05, 0) is 36.2 Å². The highest BCUT2D eigenvalue weighted by Crippen LogP contribution is 2.22. The third-order valence-electron chi connectivity index (χ3n) is 3.04. The molecule has 1 N–H and O–H groups in total. The zero-order valence-electron chi connectivity index (χ0n) is 11.8. The number of hydrogen-bond donors (Lipinski definition) is 1. The van der Waals surface area contributed by atoms with Crippen LogP contribution < -0.4 is 10.1 Å². The number of nitrogens with one attached hydrogen (secondary N) is 1. The molecule has 21 heavy (non-hydrogen) atoms. The molecule has 0 saturated carbocycles. The molecule has 110 valence electrons. The summed E-state index contributed by atoms with van der Waals surface area (Å²) in [5.74, 6) is 0.494. The van der Waals surface area contributed by atoms with E-state index in [2.05, 4.69) is 10.3 Å². The van der Waals surface area contributed by atoms with Gasteiger partial charge in [-0.1, -0.05) is 6.07 Å². The van der Waals surface area contributed by atoms with Gasteiger partial charge in [0.2, 0.25) is 0 Å². The molecule has 0 saturated heterocycles. The van der Waals surface area contributed by atoms with Gasteiger partial charge in [-0.15, -0.1) is 0 Å². The molecule has 0 aliphatic heterocycles. The Morgan fingerprint density at radius 2 is 2.19 bits per heavy atom. The molecule has 0 fully saturated rings. The van der Waals surface area contributed by atoms with Gasteiger partial charge in [-0.3, -0.25) is 15.1 Å². The average molecular weight is 287 g/mol. The lowest BCUT2D eigenvalue weighted by Gasteiger charge is -2.07. The average Bonchev–Trinajstić information content (AvgIpc) is 2.52. The molecule has 0 amide bonds. The molecule has 1 aromatic heterocycles. The first-order chi connectivity index (χ1) is 10.2. The molecule has 0 bridgehead atoms. The summed E-state index contributed by atoms with van der Waals surface area (Å²) < 4.78 is 5.08. The first-order valence-corrected chi connectivity index (χ1v) is 6.61. The number of pyridine rings is 1. The van der Waals surface area contributed by atoms with E-state index in [4.69, 9.17) is 4.74 Å². The van der Waals surface area contributed by atoms with E-state index >= 15 is 0 Å². The van der Waals surface area contributed by atoms with Crippen molar-refractivity contribution in [2.45, 2.75) is 13.0 Å². The minimum Gasteiger partial charge on any atom is -0.496 e. The van der Waals surface area contributed by atoms with Crippen molar-refractivity contribution in [3.05, 3.63) is 64.0 Å². The van der Waals surface area contributed by atoms with Crippen LogP contribution in [-0.2, 0) is 13.0 Å². The fourth-order valence-corrected chi connectivity index (χ4v) is 1.98. The van der Waals surface area contributed by atoms with Gasteiger partial charge in [0.1, 0.15) is 5.75 Å². The zero-order valence-corrected chi connectivity index (χ0v) is 11.8. The summed E-state index contributed by atoms with van der Waals surface area (Å²) in [4.78, 5) is 14.5. The highest BCUT2D eigenvalue weighted by atomic mass is 16.6. The Morgan fingerprint density at radius 1 is 1.33 bits per heavy atom. The summed E-state index contributed by atoms with van der Waals surface area (Å²) in [5, 5.41) is 14.1. The van der Waals surface area contributed by atoms with Gasteiger partial charge in [-0.25, -0.2) is 0 Å². The molecule has 0 aliphatic rings. The Hall–Kier alpha value is -2.47. The van der Waals surface area contributed by atoms with E-state index in [1.54, 1.807) is 18.3 Å². The van der Waals surface area contributed by atoms with Crippen molar-refractivity contribution in [1.29, 1.82) is 0 Å². The second-order valence-corrected chi connectivity index (χ2v) is 4.58. The largest absolute Gasteiger partial charge is 0.496 e. The van der Waals surface area contributed by atoms with Gasteiger partial charge >= 0.3 is 0 Å². The summed E-state index contributed by atoms with van der Waals surface area (Å²) in [6.45, 7) is 1.33. The van der Waals surface area contributed by atoms with Crippen LogP contribution in [0.3, 0.4) is 0 Å². The topological polar surface area (TPSA) is 77.3 Å². The number of aromatic nitrogens is 1. The predicted molar refractivity (Wildman–Crippen MR) is 79.3 cm³/mol. The van der Waals surface area contributed by atoms with Gasteiger partial charge in [0.05, 0.1) is 18.1 Å². The lowest BCUT2D eigenvalue weighted by molar-refractivity contribution is -0.385. The maximum Gasteiger partial charge on any atom is 0.273 e. The van der Waals surface area contributed by atoms with Crippen LogP contribution in [0.15, 0.2) is 42.7 Å². The van der Waals surface area contributed by atoms with Crippen molar-refractivity contribution in [1.82, 2.24) is 10.3 Å². The van der Waals surface area contributed by atoms with Crippen molar-refractivity contribution >= 4 is 5.69 Å². The number of non-ortho nitro benzene ring substituents is 1. The third-order valence-corrected chi connectivity index (χ3v) is 3.04. The van der Waals surface area contributed by atoms with Gasteiger partial charge in [0.25, 0.3) is 5.69 Å². The van der Waals surface area contributed by atoms with Gasteiger partial charge in [-0.2, -0.15) is 0 Å². The van der Waals surface area contributed by atoms with Crippen LogP contribution in [0.2, 0.25) is 0 Å². The quantitative estimate of drug-likeness (QED) is 0.480. The second kappa shape index (κ2) is 7.35. The van der Waals surface area contributed by atoms with Crippen molar-refractivity contribution in [3.8, 4) is 5.75 Å². The van der Waals surface area contributed by atoms with E-state index in [1.807, 2.05) is 18.3 Å². The number of methoxy groups -OCH3 is 1. The molecule has 0 atom stereocenters. The Bertz CT molecular complexity index is 602. The van der Waals surface area contributed by atoms with Crippen molar-refractivity contribution in [2.75, 3.05) is 13.7 Å². The Kier molecular flexibility index (Phi) is 5.22. The Morgan fingerprint density at radius 3 is 2.86 bits per heavy atom. The van der Waals surface area contributed by atoms with Crippen LogP contribution in [0.5, 0.6) is 5.75 Å². The molecular formula is C15H17N3O3. The Balaban J connectivity index is 1.90. The summed E-state index contributed by atoms with van der Waals surface area (Å²) >= 11 is 0. The fraction of sp³-hybridized carbons (Fsp3) is 0.267. The summed E-state index contributed by atoms with van der Waals surface area (Å²) in [6, 6.07) is 8.69. The SMILES string of the molecule is COc1cc(CNCCc2cccnc2)cc([N+](=O)[O-])c1. The zero-order chi connectivity index (χ0) is 15.1. The van der Waals surface area contributed by atoms with E-state index in [0.717, 1.165) is 24.1 Å². The van der Waals surface area contributed by atoms with Crippen LogP contribution in [0.1, 0.15) is 11.1 Å². The first kappa shape index (κ1) is 14.9. The van der Waals surface area contributed by atoms with Gasteiger partial charge in [0.15, 0.2) is 0 Å². The van der Waals surface area contributed by atoms with Crippen molar-refractivity contribution in [3.63, 3.8) is 0 Å². The number of benzene rings is 1. The van der Waals surface area contributed by atoms with Crippen LogP contribution in [0.4, 0.5) is 5.69 Å².